The van der Waals surface area contributed by atoms with Crippen LogP contribution in [0.3, 0.4) is 0 Å². The van der Waals surface area contributed by atoms with E-state index in [1.807, 2.05) is 0 Å². The molecule has 0 rings (SSSR count). The number of hydrogen-bond donors (Lipinski definition) is 1. The van der Waals surface area contributed by atoms with Crippen molar-refractivity contribution in [1.29, 1.82) is 0 Å². The molecule has 0 radical (unpaired) electrons. The zero-order valence-electron chi connectivity index (χ0n) is 14.2. The number of rotatable bonds is 16. The Morgan fingerprint density at radius 1 is 0.636 bits per heavy atom. The first-order valence-corrected chi connectivity index (χ1v) is 8.99. The summed E-state index contributed by atoms with van der Waals surface area (Å²) in [5.74, 6) is -0.653. The molecule has 0 aliphatic carbocycles. The fraction of sp³-hybridized carbons (Fsp3) is 0.944. The first-order chi connectivity index (χ1) is 9.77. The van der Waals surface area contributed by atoms with Crippen molar-refractivity contribution in [3.8, 4) is 0 Å². The van der Waals surface area contributed by atoms with Crippen LogP contribution in [0, 0.1) is 0 Å². The SMILES string of the molecule is CCCCCCCCCCCCCCCCCC(=O)O.[AlH3].[Zr]. The van der Waals surface area contributed by atoms with E-state index in [9.17, 15) is 4.79 Å². The van der Waals surface area contributed by atoms with Crippen LogP contribution in [0.5, 0.6) is 0 Å². The van der Waals surface area contributed by atoms with Crippen molar-refractivity contribution >= 4 is 23.3 Å². The second-order valence-electron chi connectivity index (χ2n) is 6.09. The van der Waals surface area contributed by atoms with Gasteiger partial charge >= 0.3 is 5.97 Å². The molecule has 1 N–H and O–H groups in total. The molecule has 0 aromatic carbocycles. The van der Waals surface area contributed by atoms with Gasteiger partial charge in [0.15, 0.2) is 17.4 Å². The second kappa shape index (κ2) is 24.1. The normalized spacial score (nSPS) is 9.86. The third-order valence-corrected chi connectivity index (χ3v) is 3.99. The largest absolute Gasteiger partial charge is 0.481 e. The van der Waals surface area contributed by atoms with Gasteiger partial charge in [0.25, 0.3) is 0 Å². The topological polar surface area (TPSA) is 37.3 Å². The van der Waals surface area contributed by atoms with Crippen LogP contribution >= 0.6 is 0 Å². The Morgan fingerprint density at radius 2 is 0.909 bits per heavy atom. The summed E-state index contributed by atoms with van der Waals surface area (Å²) in [4.78, 5) is 10.3. The van der Waals surface area contributed by atoms with E-state index in [2.05, 4.69) is 6.92 Å². The van der Waals surface area contributed by atoms with Gasteiger partial charge in [-0.25, -0.2) is 0 Å². The molecule has 0 atom stereocenters. The number of unbranched alkanes of at least 4 members (excludes halogenated alkanes) is 14. The first-order valence-electron chi connectivity index (χ1n) is 8.99. The van der Waals surface area contributed by atoms with Crippen LogP contribution in [0.4, 0.5) is 0 Å². The van der Waals surface area contributed by atoms with E-state index >= 15 is 0 Å². The minimum absolute atomic E-state index is 0. The first kappa shape index (κ1) is 27.7. The minimum Gasteiger partial charge on any atom is -0.481 e. The van der Waals surface area contributed by atoms with E-state index in [0.717, 1.165) is 12.8 Å². The van der Waals surface area contributed by atoms with Crippen LogP contribution in [-0.4, -0.2) is 28.4 Å². The van der Waals surface area contributed by atoms with Crippen LogP contribution in [0.2, 0.25) is 0 Å². The fourth-order valence-corrected chi connectivity index (χ4v) is 2.65. The van der Waals surface area contributed by atoms with Crippen molar-refractivity contribution in [3.05, 3.63) is 0 Å². The van der Waals surface area contributed by atoms with Gasteiger partial charge in [-0.2, -0.15) is 0 Å². The average molecular weight is 406 g/mol. The van der Waals surface area contributed by atoms with Crippen LogP contribution < -0.4 is 0 Å². The van der Waals surface area contributed by atoms with Gasteiger partial charge in [-0.1, -0.05) is 96.8 Å². The van der Waals surface area contributed by atoms with Crippen LogP contribution in [0.25, 0.3) is 0 Å². The van der Waals surface area contributed by atoms with Gasteiger partial charge in [0.1, 0.15) is 0 Å². The van der Waals surface area contributed by atoms with E-state index < -0.39 is 5.97 Å². The van der Waals surface area contributed by atoms with Crippen molar-refractivity contribution in [2.75, 3.05) is 0 Å². The molecule has 0 aliphatic heterocycles. The minimum atomic E-state index is -0.653. The maximum absolute atomic E-state index is 10.3. The third-order valence-electron chi connectivity index (χ3n) is 3.99. The Labute approximate surface area is 168 Å². The molecule has 0 heterocycles. The number of carboxylic acids is 1. The fourth-order valence-electron chi connectivity index (χ4n) is 2.65. The standard InChI is InChI=1S/C18H36O2.Al.Zr.3H/c1-2-3-4-5-6-7-8-9-10-11-12-13-14-15-16-17-18(19)20;;;;;/h2-17H2,1H3,(H,19,20);;;;;. The third kappa shape index (κ3) is 25.8. The molecular formula is C18H39AlO2Zr. The maximum Gasteiger partial charge on any atom is 0.303 e. The number of carbonyl (C=O) groups is 1. The van der Waals surface area contributed by atoms with Gasteiger partial charge in [0, 0.05) is 32.6 Å². The molecule has 22 heavy (non-hydrogen) atoms. The van der Waals surface area contributed by atoms with E-state index in [0.29, 0.717) is 6.42 Å². The van der Waals surface area contributed by atoms with Crippen molar-refractivity contribution in [2.45, 2.75) is 110 Å². The number of carboxylic acid groups (broad SMARTS) is 1. The Bertz CT molecular complexity index is 213. The number of aliphatic carboxylic acids is 1. The number of hydrogen-bond acceptors (Lipinski definition) is 1. The molecule has 0 spiro atoms. The quantitative estimate of drug-likeness (QED) is 0.285. The van der Waals surface area contributed by atoms with E-state index in [1.54, 1.807) is 0 Å². The summed E-state index contributed by atoms with van der Waals surface area (Å²) in [6.45, 7) is 2.27. The molecule has 0 fully saturated rings. The Kier molecular flexibility index (Phi) is 30.4. The van der Waals surface area contributed by atoms with Gasteiger partial charge in [0.05, 0.1) is 0 Å². The molecule has 0 saturated carbocycles. The Hall–Kier alpha value is 0.886. The van der Waals surface area contributed by atoms with Crippen molar-refractivity contribution in [3.63, 3.8) is 0 Å². The Balaban J connectivity index is -0.00000180. The summed E-state index contributed by atoms with van der Waals surface area (Å²) >= 11 is 0. The van der Waals surface area contributed by atoms with Crippen molar-refractivity contribution < 1.29 is 36.1 Å². The van der Waals surface area contributed by atoms with Crippen molar-refractivity contribution in [1.82, 2.24) is 0 Å². The molecule has 0 amide bonds. The van der Waals surface area contributed by atoms with E-state index in [1.165, 1.54) is 83.5 Å². The molecule has 130 valence electrons. The molecule has 4 heteroatoms. The maximum atomic E-state index is 10.3. The molecule has 0 bridgehead atoms. The smallest absolute Gasteiger partial charge is 0.303 e. The van der Waals surface area contributed by atoms with E-state index in [-0.39, 0.29) is 43.6 Å². The van der Waals surface area contributed by atoms with Crippen LogP contribution in [0.15, 0.2) is 0 Å². The second-order valence-corrected chi connectivity index (χ2v) is 6.09. The molecule has 2 nitrogen and oxygen atoms in total. The summed E-state index contributed by atoms with van der Waals surface area (Å²) < 4.78 is 0. The zero-order chi connectivity index (χ0) is 14.9. The summed E-state index contributed by atoms with van der Waals surface area (Å²) in [6, 6.07) is 0. The summed E-state index contributed by atoms with van der Waals surface area (Å²) in [5, 5.41) is 8.52. The van der Waals surface area contributed by atoms with Crippen LogP contribution in [-0.2, 0) is 31.0 Å². The molecule has 0 aromatic heterocycles. The molecular weight excluding hydrogens is 366 g/mol. The molecule has 0 saturated heterocycles. The Morgan fingerprint density at radius 3 is 1.18 bits per heavy atom. The average Bonchev–Trinajstić information content (AvgIpc) is 2.43. The predicted octanol–water partition coefficient (Wildman–Crippen LogP) is 5.15. The van der Waals surface area contributed by atoms with Gasteiger partial charge in [-0.15, -0.1) is 0 Å². The zero-order valence-corrected chi connectivity index (χ0v) is 16.6. The molecule has 0 aliphatic rings. The molecule has 0 aromatic rings. The summed E-state index contributed by atoms with van der Waals surface area (Å²) in [5.41, 5.74) is 0. The van der Waals surface area contributed by atoms with Gasteiger partial charge in [-0.05, 0) is 6.42 Å². The van der Waals surface area contributed by atoms with Gasteiger partial charge in [0.2, 0.25) is 0 Å². The van der Waals surface area contributed by atoms with Gasteiger partial charge in [-0.3, -0.25) is 4.79 Å². The van der Waals surface area contributed by atoms with Crippen LogP contribution in [0.1, 0.15) is 110 Å². The monoisotopic (exact) mass is 404 g/mol. The van der Waals surface area contributed by atoms with E-state index in [4.69, 9.17) is 5.11 Å². The van der Waals surface area contributed by atoms with Gasteiger partial charge < -0.3 is 5.11 Å². The molecule has 0 unspecified atom stereocenters. The van der Waals surface area contributed by atoms with Crippen molar-refractivity contribution in [2.24, 2.45) is 0 Å². The summed E-state index contributed by atoms with van der Waals surface area (Å²) in [7, 11) is 0. The summed E-state index contributed by atoms with van der Waals surface area (Å²) in [6.07, 6.45) is 20.2. The predicted molar refractivity (Wildman–Crippen MR) is 97.1 cm³/mol.